The minimum atomic E-state index is -0.218. The lowest BCUT2D eigenvalue weighted by Crippen LogP contribution is -2.31. The van der Waals surface area contributed by atoms with Gasteiger partial charge in [-0.05, 0) is 13.3 Å². The molecule has 0 bridgehead atoms. The molecule has 0 aliphatic carbocycles. The molecule has 4 nitrogen and oxygen atoms in total. The molecule has 1 aromatic heterocycles. The standard InChI is InChI=1S/C8H10ClN3O/c1-5-6(9)7-10-3-2-4-12(7)8(13)11-5/h10H,2-4H2,1H3. The maximum atomic E-state index is 11.4. The van der Waals surface area contributed by atoms with Crippen LogP contribution < -0.4 is 11.0 Å². The van der Waals surface area contributed by atoms with E-state index < -0.39 is 0 Å². The Balaban J connectivity index is 2.70. The molecule has 0 amide bonds. The molecule has 2 heterocycles. The summed E-state index contributed by atoms with van der Waals surface area (Å²) >= 11 is 6.00. The number of aromatic nitrogens is 2. The molecule has 0 aromatic carbocycles. The predicted molar refractivity (Wildman–Crippen MR) is 51.4 cm³/mol. The summed E-state index contributed by atoms with van der Waals surface area (Å²) in [5.41, 5.74) is 0.372. The van der Waals surface area contributed by atoms with Gasteiger partial charge in [0.05, 0.1) is 5.69 Å². The lowest BCUT2D eigenvalue weighted by molar-refractivity contribution is 0.592. The highest BCUT2D eigenvalue weighted by molar-refractivity contribution is 6.33. The van der Waals surface area contributed by atoms with Crippen molar-refractivity contribution in [1.82, 2.24) is 9.55 Å². The SMILES string of the molecule is Cc1nc(=O)n2c(c1Cl)NCCC2. The maximum absolute atomic E-state index is 11.4. The molecule has 0 atom stereocenters. The van der Waals surface area contributed by atoms with Crippen molar-refractivity contribution in [2.24, 2.45) is 0 Å². The molecule has 1 aliphatic heterocycles. The normalized spacial score (nSPS) is 14.9. The fourth-order valence-corrected chi connectivity index (χ4v) is 1.67. The average molecular weight is 200 g/mol. The van der Waals surface area contributed by atoms with Gasteiger partial charge in [0.15, 0.2) is 0 Å². The second kappa shape index (κ2) is 3.03. The van der Waals surface area contributed by atoms with Gasteiger partial charge in [-0.3, -0.25) is 4.57 Å². The number of halogens is 1. The van der Waals surface area contributed by atoms with E-state index in [4.69, 9.17) is 11.6 Å². The first kappa shape index (κ1) is 8.56. The van der Waals surface area contributed by atoms with Crippen molar-refractivity contribution in [2.45, 2.75) is 19.9 Å². The first-order chi connectivity index (χ1) is 6.20. The van der Waals surface area contributed by atoms with E-state index >= 15 is 0 Å². The van der Waals surface area contributed by atoms with Gasteiger partial charge in [-0.25, -0.2) is 4.79 Å². The quantitative estimate of drug-likeness (QED) is 0.679. The lowest BCUT2D eigenvalue weighted by atomic mass is 10.3. The Hall–Kier alpha value is -1.03. The Labute approximate surface area is 80.5 Å². The number of hydrogen-bond acceptors (Lipinski definition) is 3. The van der Waals surface area contributed by atoms with Gasteiger partial charge in [0.1, 0.15) is 10.8 Å². The van der Waals surface area contributed by atoms with Crippen molar-refractivity contribution < 1.29 is 0 Å². The van der Waals surface area contributed by atoms with E-state index in [1.807, 2.05) is 0 Å². The average Bonchev–Trinajstić information content (AvgIpc) is 2.15. The maximum Gasteiger partial charge on any atom is 0.349 e. The molecule has 0 radical (unpaired) electrons. The van der Waals surface area contributed by atoms with Crippen LogP contribution in [0, 0.1) is 6.92 Å². The van der Waals surface area contributed by atoms with Gasteiger partial charge in [-0.1, -0.05) is 11.6 Å². The van der Waals surface area contributed by atoms with Gasteiger partial charge in [0, 0.05) is 13.1 Å². The van der Waals surface area contributed by atoms with Gasteiger partial charge in [-0.15, -0.1) is 0 Å². The van der Waals surface area contributed by atoms with Crippen LogP contribution in [0.1, 0.15) is 12.1 Å². The Bertz CT molecular complexity index is 399. The summed E-state index contributed by atoms with van der Waals surface area (Å²) in [4.78, 5) is 15.2. The summed E-state index contributed by atoms with van der Waals surface area (Å²) in [6.07, 6.45) is 0.938. The van der Waals surface area contributed by atoms with Crippen LogP contribution in [0.15, 0.2) is 4.79 Å². The van der Waals surface area contributed by atoms with E-state index in [-0.39, 0.29) is 5.69 Å². The van der Waals surface area contributed by atoms with Crippen LogP contribution in [0.4, 0.5) is 5.82 Å². The largest absolute Gasteiger partial charge is 0.370 e. The first-order valence-electron chi connectivity index (χ1n) is 4.21. The van der Waals surface area contributed by atoms with E-state index in [0.29, 0.717) is 23.1 Å². The fraction of sp³-hybridized carbons (Fsp3) is 0.500. The van der Waals surface area contributed by atoms with Crippen molar-refractivity contribution in [2.75, 3.05) is 11.9 Å². The van der Waals surface area contributed by atoms with Gasteiger partial charge in [0.25, 0.3) is 0 Å². The van der Waals surface area contributed by atoms with Crippen molar-refractivity contribution in [3.63, 3.8) is 0 Å². The second-order valence-corrected chi connectivity index (χ2v) is 3.45. The lowest BCUT2D eigenvalue weighted by Gasteiger charge is -2.20. The summed E-state index contributed by atoms with van der Waals surface area (Å²) in [5, 5.41) is 3.66. The Morgan fingerprint density at radius 1 is 1.62 bits per heavy atom. The number of nitrogens with zero attached hydrogens (tertiary/aromatic N) is 2. The highest BCUT2D eigenvalue weighted by atomic mass is 35.5. The third-order valence-corrected chi connectivity index (χ3v) is 2.59. The topological polar surface area (TPSA) is 46.9 Å². The van der Waals surface area contributed by atoms with Crippen molar-refractivity contribution >= 4 is 17.4 Å². The fourth-order valence-electron chi connectivity index (χ4n) is 1.46. The monoisotopic (exact) mass is 199 g/mol. The van der Waals surface area contributed by atoms with Crippen molar-refractivity contribution in [3.05, 3.63) is 21.2 Å². The van der Waals surface area contributed by atoms with E-state index in [9.17, 15) is 4.79 Å². The van der Waals surface area contributed by atoms with Crippen LogP contribution in [-0.4, -0.2) is 16.1 Å². The zero-order valence-corrected chi connectivity index (χ0v) is 8.06. The Kier molecular flexibility index (Phi) is 2.00. The number of rotatable bonds is 0. The summed E-state index contributed by atoms with van der Waals surface area (Å²) < 4.78 is 1.58. The molecule has 0 fully saturated rings. The molecular formula is C8H10ClN3O. The van der Waals surface area contributed by atoms with Crippen LogP contribution in [-0.2, 0) is 6.54 Å². The van der Waals surface area contributed by atoms with Crippen LogP contribution >= 0.6 is 11.6 Å². The number of nitrogens with one attached hydrogen (secondary N) is 1. The number of hydrogen-bond donors (Lipinski definition) is 1. The van der Waals surface area contributed by atoms with E-state index in [2.05, 4.69) is 10.3 Å². The molecule has 2 rings (SSSR count). The van der Waals surface area contributed by atoms with Crippen molar-refractivity contribution in [3.8, 4) is 0 Å². The van der Waals surface area contributed by atoms with Crippen LogP contribution in [0.2, 0.25) is 5.02 Å². The summed E-state index contributed by atoms with van der Waals surface area (Å²) in [6, 6.07) is 0. The number of anilines is 1. The summed E-state index contributed by atoms with van der Waals surface area (Å²) in [5.74, 6) is 0.713. The summed E-state index contributed by atoms with van der Waals surface area (Å²) in [6.45, 7) is 3.30. The molecular weight excluding hydrogens is 190 g/mol. The van der Waals surface area contributed by atoms with E-state index in [0.717, 1.165) is 13.0 Å². The predicted octanol–water partition coefficient (Wildman–Crippen LogP) is 1.02. The molecule has 0 saturated carbocycles. The molecule has 0 unspecified atom stereocenters. The highest BCUT2D eigenvalue weighted by Gasteiger charge is 2.15. The third kappa shape index (κ3) is 1.31. The van der Waals surface area contributed by atoms with Crippen molar-refractivity contribution in [1.29, 1.82) is 0 Å². The minimum absolute atomic E-state index is 0.218. The molecule has 70 valence electrons. The van der Waals surface area contributed by atoms with Crippen LogP contribution in [0.3, 0.4) is 0 Å². The van der Waals surface area contributed by atoms with E-state index in [1.165, 1.54) is 0 Å². The molecule has 1 aromatic rings. The molecule has 0 saturated heterocycles. The molecule has 0 spiro atoms. The summed E-state index contributed by atoms with van der Waals surface area (Å²) in [7, 11) is 0. The van der Waals surface area contributed by atoms with Gasteiger partial charge < -0.3 is 5.32 Å². The smallest absolute Gasteiger partial charge is 0.349 e. The molecule has 1 aliphatic rings. The second-order valence-electron chi connectivity index (χ2n) is 3.07. The van der Waals surface area contributed by atoms with Gasteiger partial charge in [-0.2, -0.15) is 4.98 Å². The number of aryl methyl sites for hydroxylation is 1. The zero-order valence-electron chi connectivity index (χ0n) is 7.30. The highest BCUT2D eigenvalue weighted by Crippen LogP contribution is 2.24. The van der Waals surface area contributed by atoms with Gasteiger partial charge in [0.2, 0.25) is 0 Å². The molecule has 13 heavy (non-hydrogen) atoms. The Morgan fingerprint density at radius 3 is 3.15 bits per heavy atom. The van der Waals surface area contributed by atoms with Crippen LogP contribution in [0.25, 0.3) is 0 Å². The zero-order chi connectivity index (χ0) is 9.42. The number of fused-ring (bicyclic) bond motifs is 1. The Morgan fingerprint density at radius 2 is 2.38 bits per heavy atom. The van der Waals surface area contributed by atoms with E-state index in [1.54, 1.807) is 11.5 Å². The first-order valence-corrected chi connectivity index (χ1v) is 4.59. The van der Waals surface area contributed by atoms with Crippen LogP contribution in [0.5, 0.6) is 0 Å². The third-order valence-electron chi connectivity index (χ3n) is 2.14. The molecule has 1 N–H and O–H groups in total. The minimum Gasteiger partial charge on any atom is -0.370 e. The van der Waals surface area contributed by atoms with Gasteiger partial charge >= 0.3 is 5.69 Å². The molecule has 5 heteroatoms.